The van der Waals surface area contributed by atoms with Crippen LogP contribution in [0.25, 0.3) is 0 Å². The second-order valence-electron chi connectivity index (χ2n) is 2.47. The van der Waals surface area contributed by atoms with Gasteiger partial charge in [-0.1, -0.05) is 0 Å². The molecule has 12 heavy (non-hydrogen) atoms. The van der Waals surface area contributed by atoms with E-state index in [4.69, 9.17) is 9.52 Å². The van der Waals surface area contributed by atoms with Crippen molar-refractivity contribution in [3.05, 3.63) is 11.8 Å². The van der Waals surface area contributed by atoms with Gasteiger partial charge in [-0.2, -0.15) is 0 Å². The van der Waals surface area contributed by atoms with Gasteiger partial charge in [-0.3, -0.25) is 0 Å². The van der Waals surface area contributed by atoms with E-state index in [1.54, 1.807) is 6.92 Å². The highest BCUT2D eigenvalue weighted by Gasteiger charge is 1.99. The van der Waals surface area contributed by atoms with Crippen molar-refractivity contribution in [2.24, 2.45) is 0 Å². The Labute approximate surface area is 70.8 Å². The van der Waals surface area contributed by atoms with Crippen LogP contribution in [-0.2, 0) is 6.54 Å². The highest BCUT2D eigenvalue weighted by molar-refractivity contribution is 4.77. The minimum atomic E-state index is 0.204. The standard InChI is InChI=1S/C7H13N3O2/c1-6-9-10-7(12-6)5-8-3-2-4-11/h8,11H,2-5H2,1H3. The van der Waals surface area contributed by atoms with Crippen molar-refractivity contribution in [1.29, 1.82) is 0 Å². The smallest absolute Gasteiger partial charge is 0.230 e. The molecule has 0 atom stereocenters. The normalized spacial score (nSPS) is 10.5. The Morgan fingerprint density at radius 2 is 2.33 bits per heavy atom. The zero-order chi connectivity index (χ0) is 8.81. The summed E-state index contributed by atoms with van der Waals surface area (Å²) < 4.78 is 5.12. The minimum Gasteiger partial charge on any atom is -0.424 e. The molecule has 0 radical (unpaired) electrons. The van der Waals surface area contributed by atoms with Gasteiger partial charge < -0.3 is 14.8 Å². The molecule has 5 heteroatoms. The monoisotopic (exact) mass is 171 g/mol. The molecule has 0 spiro atoms. The van der Waals surface area contributed by atoms with Crippen LogP contribution in [0.2, 0.25) is 0 Å². The lowest BCUT2D eigenvalue weighted by Gasteiger charge is -1.97. The van der Waals surface area contributed by atoms with Crippen LogP contribution in [0.15, 0.2) is 4.42 Å². The van der Waals surface area contributed by atoms with E-state index in [1.807, 2.05) is 0 Å². The summed E-state index contributed by atoms with van der Waals surface area (Å²) in [5.41, 5.74) is 0. The molecule has 0 fully saturated rings. The topological polar surface area (TPSA) is 71.2 Å². The van der Waals surface area contributed by atoms with Gasteiger partial charge in [0.25, 0.3) is 0 Å². The molecule has 0 aliphatic carbocycles. The van der Waals surface area contributed by atoms with Gasteiger partial charge in [0.15, 0.2) is 0 Å². The molecule has 68 valence electrons. The summed E-state index contributed by atoms with van der Waals surface area (Å²) in [6, 6.07) is 0. The highest BCUT2D eigenvalue weighted by Crippen LogP contribution is 1.95. The summed E-state index contributed by atoms with van der Waals surface area (Å²) >= 11 is 0. The lowest BCUT2D eigenvalue weighted by Crippen LogP contribution is -2.15. The van der Waals surface area contributed by atoms with Crippen molar-refractivity contribution in [1.82, 2.24) is 15.5 Å². The first-order chi connectivity index (χ1) is 5.83. The molecule has 0 aliphatic rings. The largest absolute Gasteiger partial charge is 0.424 e. The molecule has 0 bridgehead atoms. The number of aromatic nitrogens is 2. The van der Waals surface area contributed by atoms with Crippen LogP contribution in [0.4, 0.5) is 0 Å². The average molecular weight is 171 g/mol. The van der Waals surface area contributed by atoms with Gasteiger partial charge in [-0.25, -0.2) is 0 Å². The van der Waals surface area contributed by atoms with Crippen molar-refractivity contribution >= 4 is 0 Å². The summed E-state index contributed by atoms with van der Waals surface area (Å²) in [4.78, 5) is 0. The molecule has 0 saturated carbocycles. The first kappa shape index (κ1) is 9.15. The third kappa shape index (κ3) is 2.98. The van der Waals surface area contributed by atoms with Crippen LogP contribution in [0, 0.1) is 6.92 Å². The summed E-state index contributed by atoms with van der Waals surface area (Å²) in [5, 5.41) is 19.0. The molecule has 1 aromatic rings. The molecule has 0 unspecified atom stereocenters. The van der Waals surface area contributed by atoms with E-state index in [0.717, 1.165) is 13.0 Å². The van der Waals surface area contributed by atoms with E-state index in [9.17, 15) is 0 Å². The first-order valence-corrected chi connectivity index (χ1v) is 3.93. The fourth-order valence-corrected chi connectivity index (χ4v) is 0.808. The van der Waals surface area contributed by atoms with Gasteiger partial charge in [0.05, 0.1) is 6.54 Å². The van der Waals surface area contributed by atoms with Crippen LogP contribution >= 0.6 is 0 Å². The molecule has 1 heterocycles. The van der Waals surface area contributed by atoms with Crippen LogP contribution in [-0.4, -0.2) is 28.5 Å². The lowest BCUT2D eigenvalue weighted by atomic mass is 10.4. The number of nitrogens with zero attached hydrogens (tertiary/aromatic N) is 2. The molecule has 0 amide bonds. The number of aliphatic hydroxyl groups excluding tert-OH is 1. The Morgan fingerprint density at radius 3 is 2.92 bits per heavy atom. The van der Waals surface area contributed by atoms with Crippen LogP contribution < -0.4 is 5.32 Å². The van der Waals surface area contributed by atoms with Crippen molar-refractivity contribution in [3.8, 4) is 0 Å². The summed E-state index contributed by atoms with van der Waals surface area (Å²) in [6.45, 7) is 3.29. The van der Waals surface area contributed by atoms with Crippen molar-refractivity contribution in [2.75, 3.05) is 13.2 Å². The SMILES string of the molecule is Cc1nnc(CNCCCO)o1. The Bertz CT molecular complexity index is 224. The van der Waals surface area contributed by atoms with Gasteiger partial charge >= 0.3 is 0 Å². The fourth-order valence-electron chi connectivity index (χ4n) is 0.808. The van der Waals surface area contributed by atoms with Crippen LogP contribution in [0.5, 0.6) is 0 Å². The number of aryl methyl sites for hydroxylation is 1. The van der Waals surface area contributed by atoms with Gasteiger partial charge in [0, 0.05) is 13.5 Å². The Kier molecular flexibility index (Phi) is 3.69. The predicted molar refractivity (Wildman–Crippen MR) is 42.4 cm³/mol. The van der Waals surface area contributed by atoms with E-state index in [-0.39, 0.29) is 6.61 Å². The maximum Gasteiger partial charge on any atom is 0.230 e. The second-order valence-corrected chi connectivity index (χ2v) is 2.47. The number of nitrogens with one attached hydrogen (secondary N) is 1. The molecule has 5 nitrogen and oxygen atoms in total. The predicted octanol–water partition coefficient (Wildman–Crippen LogP) is -0.150. The fraction of sp³-hybridized carbons (Fsp3) is 0.714. The number of aliphatic hydroxyl groups is 1. The van der Waals surface area contributed by atoms with Gasteiger partial charge in [-0.15, -0.1) is 10.2 Å². The zero-order valence-corrected chi connectivity index (χ0v) is 7.08. The minimum absolute atomic E-state index is 0.204. The second kappa shape index (κ2) is 4.84. The van der Waals surface area contributed by atoms with E-state index in [2.05, 4.69) is 15.5 Å². The van der Waals surface area contributed by atoms with Crippen molar-refractivity contribution in [3.63, 3.8) is 0 Å². The molecule has 0 saturated heterocycles. The van der Waals surface area contributed by atoms with Crippen LogP contribution in [0.3, 0.4) is 0 Å². The Morgan fingerprint density at radius 1 is 1.50 bits per heavy atom. The molecule has 0 aromatic carbocycles. The third-order valence-corrected chi connectivity index (χ3v) is 1.36. The van der Waals surface area contributed by atoms with E-state index in [1.165, 1.54) is 0 Å². The van der Waals surface area contributed by atoms with E-state index < -0.39 is 0 Å². The molecular weight excluding hydrogens is 158 g/mol. The van der Waals surface area contributed by atoms with E-state index in [0.29, 0.717) is 18.3 Å². The van der Waals surface area contributed by atoms with Crippen LogP contribution in [0.1, 0.15) is 18.2 Å². The summed E-state index contributed by atoms with van der Waals surface area (Å²) in [6.07, 6.45) is 0.743. The number of hydrogen-bond donors (Lipinski definition) is 2. The Balaban J connectivity index is 2.15. The summed E-state index contributed by atoms with van der Waals surface area (Å²) in [7, 11) is 0. The quantitative estimate of drug-likeness (QED) is 0.603. The van der Waals surface area contributed by atoms with Crippen molar-refractivity contribution < 1.29 is 9.52 Å². The molecule has 1 aromatic heterocycles. The highest BCUT2D eigenvalue weighted by atomic mass is 16.4. The number of rotatable bonds is 5. The molecule has 1 rings (SSSR count). The van der Waals surface area contributed by atoms with Crippen molar-refractivity contribution in [2.45, 2.75) is 19.9 Å². The zero-order valence-electron chi connectivity index (χ0n) is 7.08. The Hall–Kier alpha value is -0.940. The lowest BCUT2D eigenvalue weighted by molar-refractivity contribution is 0.285. The maximum atomic E-state index is 8.48. The third-order valence-electron chi connectivity index (χ3n) is 1.36. The van der Waals surface area contributed by atoms with Gasteiger partial charge in [0.1, 0.15) is 0 Å². The molecular formula is C7H13N3O2. The maximum absolute atomic E-state index is 8.48. The van der Waals surface area contributed by atoms with Gasteiger partial charge in [-0.05, 0) is 13.0 Å². The number of hydrogen-bond acceptors (Lipinski definition) is 5. The average Bonchev–Trinajstić information content (AvgIpc) is 2.45. The first-order valence-electron chi connectivity index (χ1n) is 3.93. The molecule has 0 aliphatic heterocycles. The molecule has 2 N–H and O–H groups in total. The summed E-state index contributed by atoms with van der Waals surface area (Å²) in [5.74, 6) is 1.17. The van der Waals surface area contributed by atoms with E-state index >= 15 is 0 Å². The van der Waals surface area contributed by atoms with Gasteiger partial charge in [0.2, 0.25) is 11.8 Å².